The van der Waals surface area contributed by atoms with Gasteiger partial charge in [-0.1, -0.05) is 126 Å². The van der Waals surface area contributed by atoms with Gasteiger partial charge in [0, 0.05) is 83.7 Å². The van der Waals surface area contributed by atoms with E-state index in [0.29, 0.717) is 49.9 Å². The molecule has 0 saturated carbocycles. The van der Waals surface area contributed by atoms with E-state index >= 15 is 0 Å². The number of nitrogens with zero attached hydrogens (tertiary/aromatic N) is 18. The van der Waals surface area contributed by atoms with Gasteiger partial charge in [0.15, 0.2) is 0 Å². The number of methoxy groups -OCH3 is 1. The second-order valence-corrected chi connectivity index (χ2v) is 27.2. The molecule has 32 heteroatoms. The van der Waals surface area contributed by atoms with E-state index in [4.69, 9.17) is 4.74 Å². The van der Waals surface area contributed by atoms with Crippen LogP contribution in [0.5, 0.6) is 0 Å². The molecule has 0 aliphatic heterocycles. The standard InChI is InChI=1S/C17H13N4.2C15H17N4O2S.C13H12N3O.C11H12N5.3Be.2Ga/c1-12-16(13-7-3-2-4-8-13)21-11-15(20-17(21)19-12)14-9-5-6-10-18-14;2*1-11-4-3-5-12(8-11)14-10-19-9-13(17-15(19)18-14)6-7-16-22(2,20)21;1-17-9-11-7-16-8-12(15-13(16)14-11)10-5-3-2-4-6-10;1-7-4-9(3)16(14-7)10-6-15-5-8(2)12-11(15)13-10;;;;;/h2-11H,1H3;2*3-5,8-10,16H,6-7H2,1-2H3;2-8H,9H2,1H3;4-6H,1-3H3;;;;;/q5*-1;3*+2;2*+3. The number of fused-ring (bicyclic) bond motifs is 5. The van der Waals surface area contributed by atoms with E-state index in [-0.39, 0.29) is 69.9 Å². The molecule has 0 bridgehead atoms. The van der Waals surface area contributed by atoms with Crippen molar-refractivity contribution in [1.82, 2.24) is 96.1 Å². The molecule has 12 aromatic heterocycles. The summed E-state index contributed by atoms with van der Waals surface area (Å²) in [6.07, 6.45) is 22.6. The summed E-state index contributed by atoms with van der Waals surface area (Å²) in [5, 5.41) is 4.39. The van der Waals surface area contributed by atoms with E-state index in [0.717, 1.165) is 126 Å². The summed E-state index contributed by atoms with van der Waals surface area (Å²) < 4.78 is 65.5. The molecule has 0 amide bonds. The van der Waals surface area contributed by atoms with Gasteiger partial charge in [-0.15, -0.1) is 0 Å². The summed E-state index contributed by atoms with van der Waals surface area (Å²) in [7, 11) is -4.66. The molecular weight excluding hydrogens is 1440 g/mol. The van der Waals surface area contributed by atoms with Crippen LogP contribution in [-0.4, -0.2) is 181 Å². The van der Waals surface area contributed by atoms with Crippen molar-refractivity contribution in [3.8, 4) is 62.2 Å². The molecule has 0 saturated heterocycles. The first kappa shape index (κ1) is 80.9. The number of sulfonamides is 2. The van der Waals surface area contributed by atoms with Crippen LogP contribution in [0, 0.1) is 41.5 Å². The molecule has 103 heavy (non-hydrogen) atoms. The summed E-state index contributed by atoms with van der Waals surface area (Å²) in [6.45, 7) is 13.2. The van der Waals surface area contributed by atoms with Crippen LogP contribution in [0.4, 0.5) is 0 Å². The van der Waals surface area contributed by atoms with Gasteiger partial charge in [-0.3, -0.25) is 9.67 Å². The number of benzene rings is 4. The summed E-state index contributed by atoms with van der Waals surface area (Å²) >= 11 is 0. The average Bonchev–Trinajstić information content (AvgIpc) is 1.63. The minimum atomic E-state index is -3.16. The molecule has 0 aliphatic carbocycles. The van der Waals surface area contributed by atoms with Crippen LogP contribution in [-0.2, 0) is 44.2 Å². The first-order chi connectivity index (χ1) is 47.1. The van der Waals surface area contributed by atoms with Gasteiger partial charge in [0.1, 0.15) is 0 Å². The zero-order valence-corrected chi connectivity index (χ0v) is 65.2. The summed E-state index contributed by atoms with van der Waals surface area (Å²) in [4.78, 5) is 48.9. The quantitative estimate of drug-likeness (QED) is 0.0878. The van der Waals surface area contributed by atoms with Crippen LogP contribution < -0.4 is 34.4 Å². The van der Waals surface area contributed by atoms with Gasteiger partial charge in [0.25, 0.3) is 0 Å². The number of aryl methyl sites for hydroxylation is 6. The minimum Gasteiger partial charge on any atom is -0.381 e. The third kappa shape index (κ3) is 20.7. The molecule has 502 valence electrons. The maximum absolute atomic E-state index is 11.0. The van der Waals surface area contributed by atoms with Crippen LogP contribution in [0.3, 0.4) is 0 Å². The van der Waals surface area contributed by atoms with Gasteiger partial charge in [0.2, 0.25) is 20.0 Å². The molecule has 2 N–H and O–H groups in total. The molecule has 16 aromatic rings. The Morgan fingerprint density at radius 2 is 0.913 bits per heavy atom. The maximum atomic E-state index is 11.0. The number of hydrogen-bond donors (Lipinski definition) is 2. The van der Waals surface area contributed by atoms with Crippen molar-refractivity contribution in [2.75, 3.05) is 32.7 Å². The summed E-state index contributed by atoms with van der Waals surface area (Å²) in [5.41, 5.74) is 18.8. The van der Waals surface area contributed by atoms with E-state index < -0.39 is 20.0 Å². The van der Waals surface area contributed by atoms with Gasteiger partial charge in [-0.2, -0.15) is 0 Å². The Balaban J connectivity index is 0.000000179. The fourth-order valence-corrected chi connectivity index (χ4v) is 11.9. The Kier molecular flexibility index (Phi) is 28.0. The first-order valence-electron chi connectivity index (χ1n) is 31.3. The topological polar surface area (TPSA) is 289 Å². The number of aromatic nitrogens is 18. The van der Waals surface area contributed by atoms with Crippen molar-refractivity contribution >= 4 is 119 Å². The molecule has 0 unspecified atom stereocenters. The molecule has 0 aliphatic rings. The Morgan fingerprint density at radius 1 is 0.447 bits per heavy atom. The van der Waals surface area contributed by atoms with E-state index in [2.05, 4.69) is 93.6 Å². The third-order valence-corrected chi connectivity index (χ3v) is 16.7. The van der Waals surface area contributed by atoms with E-state index in [1.165, 1.54) is 11.1 Å². The second-order valence-electron chi connectivity index (χ2n) is 23.5. The van der Waals surface area contributed by atoms with Crippen molar-refractivity contribution < 1.29 is 21.6 Å². The van der Waals surface area contributed by atoms with E-state index in [1.54, 1.807) is 13.3 Å². The Hall–Kier alpha value is -9.45. The van der Waals surface area contributed by atoms with E-state index in [1.807, 2.05) is 233 Å². The van der Waals surface area contributed by atoms with Gasteiger partial charge >= 0.3 is 69.9 Å². The predicted octanol–water partition coefficient (Wildman–Crippen LogP) is 7.65. The van der Waals surface area contributed by atoms with Gasteiger partial charge in [-0.05, 0) is 185 Å². The van der Waals surface area contributed by atoms with Crippen molar-refractivity contribution in [3.05, 3.63) is 246 Å². The zero-order valence-electron chi connectivity index (χ0n) is 58.7. The number of rotatable bonds is 16. The number of hydrogen-bond acceptors (Lipinski definition) is 12. The summed E-state index contributed by atoms with van der Waals surface area (Å²) in [5.74, 6) is 4.23. The van der Waals surface area contributed by atoms with Crippen LogP contribution in [0.15, 0.2) is 195 Å². The Bertz CT molecular complexity index is 5340. The average molecular weight is 1520 g/mol. The van der Waals surface area contributed by atoms with Crippen LogP contribution >= 0.6 is 0 Å². The van der Waals surface area contributed by atoms with Crippen LogP contribution in [0.2, 0.25) is 0 Å². The third-order valence-electron chi connectivity index (χ3n) is 15.3. The van der Waals surface area contributed by atoms with Crippen molar-refractivity contribution in [2.24, 2.45) is 0 Å². The predicted molar refractivity (Wildman–Crippen MR) is 406 cm³/mol. The fourth-order valence-electron chi connectivity index (χ4n) is 10.9. The Morgan fingerprint density at radius 3 is 1.38 bits per heavy atom. The fraction of sp³-hybridized carbons (Fsp3) is 0.197. The number of imidazole rings is 10. The molecule has 12 heterocycles. The molecule has 4 aromatic carbocycles. The van der Waals surface area contributed by atoms with Gasteiger partial charge < -0.3 is 76.6 Å². The first-order valence-corrected chi connectivity index (χ1v) is 35.1. The largest absolute Gasteiger partial charge is 3.00 e. The summed E-state index contributed by atoms with van der Waals surface area (Å²) in [6, 6.07) is 44.5. The molecule has 0 spiro atoms. The Labute approximate surface area is 634 Å². The molecule has 25 nitrogen and oxygen atoms in total. The van der Waals surface area contributed by atoms with Gasteiger partial charge in [-0.25, -0.2) is 31.4 Å². The smallest absolute Gasteiger partial charge is 0.381 e. The molecule has 0 fully saturated rings. The second kappa shape index (κ2) is 35.6. The van der Waals surface area contributed by atoms with Crippen LogP contribution in [0.1, 0.15) is 51.0 Å². The van der Waals surface area contributed by atoms with Crippen molar-refractivity contribution in [3.63, 3.8) is 0 Å². The van der Waals surface area contributed by atoms with E-state index in [9.17, 15) is 16.8 Å². The van der Waals surface area contributed by atoms with Crippen molar-refractivity contribution in [2.45, 2.75) is 61.0 Å². The SMILES string of the molecule is COCc1cn2cc(-c3ccccc3)[n-]c2n1.Cc1cccc(-c2cn3cc(CCNS(C)(=O)=O)nc3[n-]2)c1.Cc1cccc(-c2cn3cc(CCNS(C)(=O)=O)nc3[n-]2)c1.Cc1cn2cc(-n3nc(C)cc3C)[n-]c2n1.Cc1nc2[n-]c(-c3ccccn3)cn2c1-c1ccccc1.[Be+2].[Be+2].[Be+2].[Ga+3].[Ga+3]. The molecular formula is C71H71Be3Ga2N20O5S2+7. The molecule has 16 rings (SSSR count). The maximum Gasteiger partial charge on any atom is 3.00 e. The molecule has 0 radical (unpaired) electrons. The minimum absolute atomic E-state index is 0. The number of pyridine rings is 1. The van der Waals surface area contributed by atoms with Crippen molar-refractivity contribution in [1.29, 1.82) is 0 Å². The zero-order chi connectivity index (χ0) is 68.7. The number of nitrogens with one attached hydrogen (secondary N) is 2. The monoisotopic (exact) mass is 1510 g/mol. The number of ether oxygens (including phenoxy) is 1. The molecule has 0 atom stereocenters. The van der Waals surface area contributed by atoms with Crippen LogP contribution in [0.25, 0.3) is 91.1 Å². The van der Waals surface area contributed by atoms with Gasteiger partial charge in [0.05, 0.1) is 36.4 Å². The normalized spacial score (nSPS) is 11.0.